The molecule has 0 fully saturated rings. The van der Waals surface area contributed by atoms with Gasteiger partial charge in [-0.05, 0) is 23.6 Å². The molecule has 5 nitrogen and oxygen atoms in total. The van der Waals surface area contributed by atoms with Gasteiger partial charge in [0.2, 0.25) is 0 Å². The molecular formula is C16H16N2O3. The minimum absolute atomic E-state index is 0.415. The Labute approximate surface area is 121 Å². The SMILES string of the molecule is CC(C)c1ccc(Oc2cc3[nH]c(=O)oc3cc2N)cc1. The molecule has 0 saturated carbocycles. The van der Waals surface area contributed by atoms with Gasteiger partial charge in [0.1, 0.15) is 5.75 Å². The summed E-state index contributed by atoms with van der Waals surface area (Å²) in [5.74, 6) is 1.13. The molecule has 0 spiro atoms. The lowest BCUT2D eigenvalue weighted by Gasteiger charge is -2.10. The van der Waals surface area contributed by atoms with E-state index in [1.807, 2.05) is 24.3 Å². The van der Waals surface area contributed by atoms with Gasteiger partial charge in [-0.15, -0.1) is 0 Å². The highest BCUT2D eigenvalue weighted by atomic mass is 16.5. The number of rotatable bonds is 3. The maximum Gasteiger partial charge on any atom is 0.417 e. The second kappa shape index (κ2) is 5.01. The third-order valence-corrected chi connectivity index (χ3v) is 3.33. The van der Waals surface area contributed by atoms with E-state index in [9.17, 15) is 4.79 Å². The van der Waals surface area contributed by atoms with Crippen molar-refractivity contribution < 1.29 is 9.15 Å². The Balaban J connectivity index is 1.93. The van der Waals surface area contributed by atoms with Crippen LogP contribution >= 0.6 is 0 Å². The maximum absolute atomic E-state index is 11.2. The van der Waals surface area contributed by atoms with Crippen LogP contribution in [0.4, 0.5) is 5.69 Å². The van der Waals surface area contributed by atoms with Gasteiger partial charge >= 0.3 is 5.76 Å². The molecular weight excluding hydrogens is 268 g/mol. The van der Waals surface area contributed by atoms with E-state index < -0.39 is 5.76 Å². The number of oxazole rings is 1. The third-order valence-electron chi connectivity index (χ3n) is 3.33. The van der Waals surface area contributed by atoms with Gasteiger partial charge in [0.05, 0.1) is 11.2 Å². The topological polar surface area (TPSA) is 81.2 Å². The number of nitrogens with two attached hydrogens (primary N) is 1. The van der Waals surface area contributed by atoms with Gasteiger partial charge in [0, 0.05) is 12.1 Å². The normalized spacial score (nSPS) is 11.2. The fourth-order valence-electron chi connectivity index (χ4n) is 2.13. The van der Waals surface area contributed by atoms with E-state index in [0.29, 0.717) is 34.2 Å². The molecule has 0 aliphatic heterocycles. The number of aromatic amines is 1. The van der Waals surface area contributed by atoms with Gasteiger partial charge in [0.15, 0.2) is 11.3 Å². The van der Waals surface area contributed by atoms with Crippen molar-refractivity contribution >= 4 is 16.8 Å². The van der Waals surface area contributed by atoms with E-state index in [4.69, 9.17) is 14.9 Å². The largest absolute Gasteiger partial charge is 0.455 e. The standard InChI is InChI=1S/C16H16N2O3/c1-9(2)10-3-5-11(6-4-10)20-14-8-13-15(7-12(14)17)21-16(19)18-13/h3-9H,17H2,1-2H3,(H,18,19). The van der Waals surface area contributed by atoms with Crippen molar-refractivity contribution in [2.24, 2.45) is 0 Å². The number of nitrogen functional groups attached to an aromatic ring is 1. The average molecular weight is 284 g/mol. The summed E-state index contributed by atoms with van der Waals surface area (Å²) >= 11 is 0. The molecule has 3 N–H and O–H groups in total. The lowest BCUT2D eigenvalue weighted by Crippen LogP contribution is -1.94. The van der Waals surface area contributed by atoms with Crippen LogP contribution in [0.15, 0.2) is 45.6 Å². The minimum atomic E-state index is -0.511. The van der Waals surface area contributed by atoms with Gasteiger partial charge in [-0.3, -0.25) is 4.98 Å². The van der Waals surface area contributed by atoms with E-state index in [1.165, 1.54) is 5.56 Å². The quantitative estimate of drug-likeness (QED) is 0.720. The zero-order valence-corrected chi connectivity index (χ0v) is 11.8. The van der Waals surface area contributed by atoms with Gasteiger partial charge < -0.3 is 14.9 Å². The van der Waals surface area contributed by atoms with Crippen molar-refractivity contribution in [3.05, 3.63) is 52.5 Å². The molecule has 5 heteroatoms. The predicted octanol–water partition coefficient (Wildman–Crippen LogP) is 3.62. The zero-order valence-electron chi connectivity index (χ0n) is 11.8. The highest BCUT2D eigenvalue weighted by Crippen LogP contribution is 2.31. The Kier molecular flexibility index (Phi) is 3.17. The first-order valence-electron chi connectivity index (χ1n) is 6.73. The Morgan fingerprint density at radius 2 is 1.90 bits per heavy atom. The molecule has 2 aromatic carbocycles. The zero-order chi connectivity index (χ0) is 15.0. The van der Waals surface area contributed by atoms with Crippen LogP contribution in [0.5, 0.6) is 11.5 Å². The van der Waals surface area contributed by atoms with Crippen LogP contribution in [0.2, 0.25) is 0 Å². The number of H-pyrrole nitrogens is 1. The smallest absolute Gasteiger partial charge is 0.417 e. The first kappa shape index (κ1) is 13.3. The van der Waals surface area contributed by atoms with Crippen molar-refractivity contribution in [2.75, 3.05) is 5.73 Å². The molecule has 0 saturated heterocycles. The van der Waals surface area contributed by atoms with E-state index in [1.54, 1.807) is 12.1 Å². The number of hydrogen-bond acceptors (Lipinski definition) is 4. The number of ether oxygens (including phenoxy) is 1. The molecule has 3 aromatic rings. The Morgan fingerprint density at radius 1 is 1.19 bits per heavy atom. The predicted molar refractivity (Wildman–Crippen MR) is 81.9 cm³/mol. The first-order valence-corrected chi connectivity index (χ1v) is 6.73. The van der Waals surface area contributed by atoms with Gasteiger partial charge in [-0.25, -0.2) is 4.79 Å². The molecule has 108 valence electrons. The van der Waals surface area contributed by atoms with Crippen molar-refractivity contribution in [1.29, 1.82) is 0 Å². The third kappa shape index (κ3) is 2.63. The van der Waals surface area contributed by atoms with E-state index >= 15 is 0 Å². The molecule has 0 unspecified atom stereocenters. The van der Waals surface area contributed by atoms with Crippen LogP contribution in [-0.2, 0) is 0 Å². The van der Waals surface area contributed by atoms with Crippen LogP contribution in [0.3, 0.4) is 0 Å². The summed E-state index contributed by atoms with van der Waals surface area (Å²) in [5.41, 5.74) is 8.55. The second-order valence-electron chi connectivity index (χ2n) is 5.23. The number of anilines is 1. The molecule has 1 heterocycles. The lowest BCUT2D eigenvalue weighted by atomic mass is 10.0. The molecule has 0 aliphatic rings. The van der Waals surface area contributed by atoms with Crippen molar-refractivity contribution in [2.45, 2.75) is 19.8 Å². The summed E-state index contributed by atoms with van der Waals surface area (Å²) in [4.78, 5) is 13.7. The van der Waals surface area contributed by atoms with Gasteiger partial charge in [-0.2, -0.15) is 0 Å². The summed E-state index contributed by atoms with van der Waals surface area (Å²) in [5, 5.41) is 0. The molecule has 3 rings (SSSR count). The van der Waals surface area contributed by atoms with Crippen molar-refractivity contribution in [3.63, 3.8) is 0 Å². The second-order valence-corrected chi connectivity index (χ2v) is 5.23. The van der Waals surface area contributed by atoms with Gasteiger partial charge in [-0.1, -0.05) is 26.0 Å². The Hall–Kier alpha value is -2.69. The Bertz CT molecular complexity index is 829. The van der Waals surface area contributed by atoms with Crippen LogP contribution in [0.25, 0.3) is 11.1 Å². The fraction of sp³-hybridized carbons (Fsp3) is 0.188. The van der Waals surface area contributed by atoms with E-state index in [2.05, 4.69) is 18.8 Å². The number of nitrogens with one attached hydrogen (secondary N) is 1. The van der Waals surface area contributed by atoms with Gasteiger partial charge in [0.25, 0.3) is 0 Å². The molecule has 0 bridgehead atoms. The number of hydrogen-bond donors (Lipinski definition) is 2. The summed E-state index contributed by atoms with van der Waals surface area (Å²) in [6.45, 7) is 4.27. The number of benzene rings is 2. The van der Waals surface area contributed by atoms with Crippen molar-refractivity contribution in [3.8, 4) is 11.5 Å². The van der Waals surface area contributed by atoms with E-state index in [-0.39, 0.29) is 0 Å². The summed E-state index contributed by atoms with van der Waals surface area (Å²) in [7, 11) is 0. The highest BCUT2D eigenvalue weighted by Gasteiger charge is 2.09. The summed E-state index contributed by atoms with van der Waals surface area (Å²) in [6, 6.07) is 11.1. The first-order chi connectivity index (χ1) is 10.0. The monoisotopic (exact) mass is 284 g/mol. The highest BCUT2D eigenvalue weighted by molar-refractivity contribution is 5.80. The average Bonchev–Trinajstić information content (AvgIpc) is 2.79. The van der Waals surface area contributed by atoms with Crippen LogP contribution < -0.4 is 16.2 Å². The number of aromatic nitrogens is 1. The van der Waals surface area contributed by atoms with Crippen LogP contribution in [0, 0.1) is 0 Å². The van der Waals surface area contributed by atoms with Crippen LogP contribution in [0.1, 0.15) is 25.3 Å². The minimum Gasteiger partial charge on any atom is -0.455 e. The molecule has 0 amide bonds. The number of fused-ring (bicyclic) bond motifs is 1. The molecule has 0 atom stereocenters. The molecule has 1 aromatic heterocycles. The Morgan fingerprint density at radius 3 is 2.57 bits per heavy atom. The summed E-state index contributed by atoms with van der Waals surface area (Å²) < 4.78 is 10.7. The van der Waals surface area contributed by atoms with E-state index in [0.717, 1.165) is 0 Å². The van der Waals surface area contributed by atoms with Crippen molar-refractivity contribution in [1.82, 2.24) is 4.98 Å². The molecule has 0 radical (unpaired) electrons. The fourth-order valence-corrected chi connectivity index (χ4v) is 2.13. The van der Waals surface area contributed by atoms with Crippen LogP contribution in [-0.4, -0.2) is 4.98 Å². The molecule has 21 heavy (non-hydrogen) atoms. The maximum atomic E-state index is 11.2. The summed E-state index contributed by atoms with van der Waals surface area (Å²) in [6.07, 6.45) is 0. The molecule has 0 aliphatic carbocycles. The lowest BCUT2D eigenvalue weighted by molar-refractivity contribution is 0.485.